The van der Waals surface area contributed by atoms with Crippen LogP contribution < -0.4 is 0 Å². The largest absolute Gasteiger partial charge is 2.00 e. The monoisotopic (exact) mass is 243 g/mol. The van der Waals surface area contributed by atoms with E-state index in [0.29, 0.717) is 0 Å². The fraction of sp³-hybridized carbons (Fsp3) is 0. The second kappa shape index (κ2) is 7.00. The summed E-state index contributed by atoms with van der Waals surface area (Å²) < 4.78 is 0. The van der Waals surface area contributed by atoms with Gasteiger partial charge in [0.2, 0.25) is 0 Å². The van der Waals surface area contributed by atoms with Gasteiger partial charge in [0.1, 0.15) is 0 Å². The van der Waals surface area contributed by atoms with Gasteiger partial charge >= 0.3 is 18.6 Å². The van der Waals surface area contributed by atoms with Gasteiger partial charge in [-0.05, 0) is 0 Å². The van der Waals surface area contributed by atoms with Gasteiger partial charge in [-0.1, -0.05) is 6.07 Å². The van der Waals surface area contributed by atoms with Crippen molar-refractivity contribution in [2.24, 2.45) is 0 Å². The van der Waals surface area contributed by atoms with Crippen molar-refractivity contribution in [1.29, 1.82) is 0 Å². The molecule has 0 saturated carbocycles. The van der Waals surface area contributed by atoms with E-state index < -0.39 is 0 Å². The molecule has 0 atom stereocenters. The van der Waals surface area contributed by atoms with Crippen LogP contribution in [0, 0.1) is 6.07 Å². The number of fused-ring (bicyclic) bond motifs is 1. The molecule has 0 N–H and O–H groups in total. The normalized spacial score (nSPS) is 8.75. The van der Waals surface area contributed by atoms with Crippen molar-refractivity contribution in [2.45, 2.75) is 0 Å². The predicted octanol–water partition coefficient (Wildman–Crippen LogP) is 4.04. The first-order chi connectivity index (χ1) is 7.47. The Bertz CT molecular complexity index is 440. The smallest absolute Gasteiger partial charge is 0.184 e. The zero-order valence-corrected chi connectivity index (χ0v) is 10.3. The quantitative estimate of drug-likeness (QED) is 0.523. The average Bonchev–Trinajstić information content (AvgIpc) is 2.80. The third-order valence-electron chi connectivity index (χ3n) is 2.15. The van der Waals surface area contributed by atoms with E-state index in [2.05, 4.69) is 48.5 Å². The van der Waals surface area contributed by atoms with E-state index in [4.69, 9.17) is 0 Å². The summed E-state index contributed by atoms with van der Waals surface area (Å²) in [4.78, 5) is 0. The Balaban J connectivity index is 0.000000162. The molecule has 3 aromatic carbocycles. The fourth-order valence-electron chi connectivity index (χ4n) is 1.41. The summed E-state index contributed by atoms with van der Waals surface area (Å²) in [6, 6.07) is 27.2. The maximum Gasteiger partial charge on any atom is 2.00 e. The fourth-order valence-corrected chi connectivity index (χ4v) is 1.41. The van der Waals surface area contributed by atoms with Crippen molar-refractivity contribution >= 4 is 10.8 Å². The molecule has 1 heteroatoms. The molecule has 0 bridgehead atoms. The first-order valence-electron chi connectivity index (χ1n) is 4.98. The molecule has 3 aromatic rings. The van der Waals surface area contributed by atoms with Gasteiger partial charge in [0.05, 0.1) is 0 Å². The van der Waals surface area contributed by atoms with Crippen molar-refractivity contribution in [3.63, 3.8) is 0 Å². The topological polar surface area (TPSA) is 0 Å². The number of hydrogen-bond donors (Lipinski definition) is 0. The van der Waals surface area contributed by atoms with Gasteiger partial charge in [-0.15, -0.1) is 29.7 Å². The van der Waals surface area contributed by atoms with Crippen LogP contribution in [0.15, 0.2) is 72.8 Å². The van der Waals surface area contributed by atoms with Crippen LogP contribution in [0.3, 0.4) is 0 Å². The minimum atomic E-state index is 0. The molecule has 16 heavy (non-hydrogen) atoms. The van der Waals surface area contributed by atoms with Gasteiger partial charge in [0.15, 0.2) is 0 Å². The van der Waals surface area contributed by atoms with E-state index >= 15 is 0 Å². The molecule has 0 unspecified atom stereocenters. The molecule has 0 nitrogen and oxygen atoms in total. The van der Waals surface area contributed by atoms with Crippen LogP contribution >= 0.6 is 0 Å². The summed E-state index contributed by atoms with van der Waals surface area (Å²) in [5.74, 6) is 0. The second-order valence-electron chi connectivity index (χ2n) is 3.23. The molecule has 3 rings (SSSR count). The van der Waals surface area contributed by atoms with E-state index in [1.165, 1.54) is 10.8 Å². The minimum absolute atomic E-state index is 0. The Labute approximate surface area is 108 Å². The van der Waals surface area contributed by atoms with Crippen LogP contribution in [0.5, 0.6) is 0 Å². The Morgan fingerprint density at radius 2 is 1.56 bits per heavy atom. The van der Waals surface area contributed by atoms with Crippen molar-refractivity contribution < 1.29 is 18.6 Å². The molecule has 1 radical (unpaired) electrons. The molecule has 0 saturated heterocycles. The molecule has 0 aliphatic rings. The van der Waals surface area contributed by atoms with Crippen molar-refractivity contribution in [1.82, 2.24) is 0 Å². The SMILES string of the molecule is [V+2].[c-]1ccccc1.c1ccc2[cH-]ccc2c1. The standard InChI is InChI=1S/C9H7.C6H5.V/c1-2-5-9-7-3-6-8(9)4-1;1-2-4-6-5-3-1;/h1-7H;1-5H;/q2*-1;+2. The summed E-state index contributed by atoms with van der Waals surface area (Å²) in [6.07, 6.45) is 0. The zero-order valence-electron chi connectivity index (χ0n) is 8.88. The van der Waals surface area contributed by atoms with Gasteiger partial charge in [-0.25, -0.2) is 0 Å². The molecule has 0 heterocycles. The van der Waals surface area contributed by atoms with Crippen LogP contribution in [0.4, 0.5) is 0 Å². The zero-order chi connectivity index (χ0) is 10.3. The Morgan fingerprint density at radius 3 is 2.12 bits per heavy atom. The van der Waals surface area contributed by atoms with Gasteiger partial charge < -0.3 is 0 Å². The summed E-state index contributed by atoms with van der Waals surface area (Å²) >= 11 is 0. The molecule has 0 aliphatic heterocycles. The van der Waals surface area contributed by atoms with Crippen LogP contribution in [0.2, 0.25) is 0 Å². The maximum absolute atomic E-state index is 2.89. The summed E-state index contributed by atoms with van der Waals surface area (Å²) in [7, 11) is 0. The molecular formula is C15H12V. The van der Waals surface area contributed by atoms with E-state index in [-0.39, 0.29) is 18.6 Å². The van der Waals surface area contributed by atoms with Crippen LogP contribution in [-0.4, -0.2) is 0 Å². The average molecular weight is 243 g/mol. The van der Waals surface area contributed by atoms with E-state index in [1.807, 2.05) is 30.3 Å². The molecule has 0 fully saturated rings. The van der Waals surface area contributed by atoms with Crippen LogP contribution in [-0.2, 0) is 18.6 Å². The summed E-state index contributed by atoms with van der Waals surface area (Å²) in [5.41, 5.74) is 0. The van der Waals surface area contributed by atoms with Gasteiger partial charge in [0, 0.05) is 0 Å². The molecule has 0 aromatic heterocycles. The molecule has 0 spiro atoms. The molecule has 0 amide bonds. The van der Waals surface area contributed by atoms with Gasteiger partial charge in [0.25, 0.3) is 0 Å². The second-order valence-corrected chi connectivity index (χ2v) is 3.23. The third kappa shape index (κ3) is 3.65. The van der Waals surface area contributed by atoms with Gasteiger partial charge in [-0.2, -0.15) is 53.9 Å². The number of benzene rings is 2. The van der Waals surface area contributed by atoms with Crippen molar-refractivity contribution in [3.05, 3.63) is 78.9 Å². The Morgan fingerprint density at radius 1 is 0.812 bits per heavy atom. The van der Waals surface area contributed by atoms with E-state index in [9.17, 15) is 0 Å². The first kappa shape index (κ1) is 12.7. The third-order valence-corrected chi connectivity index (χ3v) is 2.15. The van der Waals surface area contributed by atoms with Crippen LogP contribution in [0.1, 0.15) is 0 Å². The summed E-state index contributed by atoms with van der Waals surface area (Å²) in [5, 5.41) is 2.66. The summed E-state index contributed by atoms with van der Waals surface area (Å²) in [6.45, 7) is 0. The van der Waals surface area contributed by atoms with E-state index in [1.54, 1.807) is 0 Å². The number of hydrogen-bond acceptors (Lipinski definition) is 0. The molecular weight excluding hydrogens is 231 g/mol. The van der Waals surface area contributed by atoms with Crippen molar-refractivity contribution in [3.8, 4) is 0 Å². The Hall–Kier alpha value is -1.37. The molecule has 0 aliphatic carbocycles. The predicted molar refractivity (Wildman–Crippen MR) is 64.8 cm³/mol. The Kier molecular flexibility index (Phi) is 5.56. The van der Waals surface area contributed by atoms with Gasteiger partial charge in [-0.3, -0.25) is 0 Å². The first-order valence-corrected chi connectivity index (χ1v) is 4.98. The maximum atomic E-state index is 2.89. The van der Waals surface area contributed by atoms with Crippen LogP contribution in [0.25, 0.3) is 10.8 Å². The van der Waals surface area contributed by atoms with Crippen molar-refractivity contribution in [2.75, 3.05) is 0 Å². The number of rotatable bonds is 0. The molecule has 77 valence electrons. The minimum Gasteiger partial charge on any atom is -0.184 e. The van der Waals surface area contributed by atoms with E-state index in [0.717, 1.165) is 0 Å².